The molecular formula is C16H14FNOS. The number of rotatable bonds is 2. The minimum absolute atomic E-state index is 0.0421. The maximum absolute atomic E-state index is 13.6. The molecule has 1 heterocycles. The average Bonchev–Trinajstić information content (AvgIpc) is 2.48. The Morgan fingerprint density at radius 1 is 1.15 bits per heavy atom. The van der Waals surface area contributed by atoms with Crippen LogP contribution in [0.25, 0.3) is 0 Å². The van der Waals surface area contributed by atoms with Crippen LogP contribution in [-0.4, -0.2) is 11.7 Å². The fraction of sp³-hybridized carbons (Fsp3) is 0.188. The van der Waals surface area contributed by atoms with Crippen LogP contribution < -0.4 is 5.32 Å². The van der Waals surface area contributed by atoms with Crippen molar-refractivity contribution in [3.63, 3.8) is 0 Å². The molecule has 1 atom stereocenters. The summed E-state index contributed by atoms with van der Waals surface area (Å²) < 4.78 is 13.6. The monoisotopic (exact) mass is 287 g/mol. The predicted molar refractivity (Wildman–Crippen MR) is 78.4 cm³/mol. The summed E-state index contributed by atoms with van der Waals surface area (Å²) in [6.07, 6.45) is 0.863. The highest BCUT2D eigenvalue weighted by atomic mass is 32.2. The van der Waals surface area contributed by atoms with Gasteiger partial charge in [-0.15, -0.1) is 11.8 Å². The fourth-order valence-corrected chi connectivity index (χ4v) is 3.50. The number of halogens is 1. The van der Waals surface area contributed by atoms with Gasteiger partial charge in [-0.25, -0.2) is 4.39 Å². The Morgan fingerprint density at radius 3 is 2.75 bits per heavy atom. The van der Waals surface area contributed by atoms with Gasteiger partial charge in [-0.05, 0) is 30.2 Å². The van der Waals surface area contributed by atoms with Crippen molar-refractivity contribution < 1.29 is 9.18 Å². The molecule has 1 aliphatic heterocycles. The van der Waals surface area contributed by atoms with Gasteiger partial charge in [0.05, 0.1) is 11.6 Å². The zero-order valence-corrected chi connectivity index (χ0v) is 11.6. The molecule has 4 heteroatoms. The molecule has 0 spiro atoms. The number of nitrogens with one attached hydrogen (secondary N) is 1. The molecule has 0 unspecified atom stereocenters. The van der Waals surface area contributed by atoms with Crippen LogP contribution in [0, 0.1) is 5.82 Å². The molecule has 1 N–H and O–H groups in total. The Labute approximate surface area is 121 Å². The standard InChI is InChI=1S/C16H14FNOS/c17-13-7-3-1-5-11(13)16(19)18-14-9-10-20-15-8-4-2-6-12(14)15/h1-8,14H,9-10H2,(H,18,19)/t14-/m0/s1. The quantitative estimate of drug-likeness (QED) is 0.910. The Morgan fingerprint density at radius 2 is 1.90 bits per heavy atom. The van der Waals surface area contributed by atoms with E-state index in [2.05, 4.69) is 11.4 Å². The minimum Gasteiger partial charge on any atom is -0.345 e. The first-order valence-corrected chi connectivity index (χ1v) is 7.51. The molecular weight excluding hydrogens is 273 g/mol. The van der Waals surface area contributed by atoms with E-state index in [0.29, 0.717) is 0 Å². The van der Waals surface area contributed by atoms with Crippen molar-refractivity contribution >= 4 is 17.7 Å². The second-order valence-electron chi connectivity index (χ2n) is 4.68. The molecule has 2 aromatic rings. The number of thioether (sulfide) groups is 1. The van der Waals surface area contributed by atoms with Crippen LogP contribution in [0.1, 0.15) is 28.4 Å². The van der Waals surface area contributed by atoms with E-state index in [9.17, 15) is 9.18 Å². The lowest BCUT2D eigenvalue weighted by Gasteiger charge is -2.25. The highest BCUT2D eigenvalue weighted by Crippen LogP contribution is 2.35. The van der Waals surface area contributed by atoms with Crippen molar-refractivity contribution in [2.24, 2.45) is 0 Å². The molecule has 0 saturated heterocycles. The number of hydrogen-bond donors (Lipinski definition) is 1. The Bertz CT molecular complexity index is 644. The highest BCUT2D eigenvalue weighted by Gasteiger charge is 2.23. The van der Waals surface area contributed by atoms with E-state index in [1.165, 1.54) is 17.0 Å². The SMILES string of the molecule is O=C(N[C@H]1CCSc2ccccc21)c1ccccc1F. The molecule has 102 valence electrons. The predicted octanol–water partition coefficient (Wildman–Crippen LogP) is 3.79. The molecule has 2 aromatic carbocycles. The van der Waals surface area contributed by atoms with Crippen LogP contribution in [0.5, 0.6) is 0 Å². The summed E-state index contributed by atoms with van der Waals surface area (Å²) in [5.41, 5.74) is 1.22. The largest absolute Gasteiger partial charge is 0.345 e. The molecule has 0 radical (unpaired) electrons. The molecule has 3 rings (SSSR count). The smallest absolute Gasteiger partial charge is 0.254 e. The van der Waals surface area contributed by atoms with E-state index in [-0.39, 0.29) is 17.5 Å². The summed E-state index contributed by atoms with van der Waals surface area (Å²) in [6, 6.07) is 14.1. The van der Waals surface area contributed by atoms with Crippen molar-refractivity contribution in [3.05, 3.63) is 65.5 Å². The normalized spacial score (nSPS) is 17.4. The van der Waals surface area contributed by atoms with Gasteiger partial charge in [-0.2, -0.15) is 0 Å². The van der Waals surface area contributed by atoms with Gasteiger partial charge < -0.3 is 5.32 Å². The Balaban J connectivity index is 1.83. The molecule has 1 amide bonds. The summed E-state index contributed by atoms with van der Waals surface area (Å²) in [5.74, 6) is 0.123. The molecule has 20 heavy (non-hydrogen) atoms. The van der Waals surface area contributed by atoms with Crippen molar-refractivity contribution in [1.29, 1.82) is 0 Å². The zero-order chi connectivity index (χ0) is 13.9. The first kappa shape index (κ1) is 13.2. The minimum atomic E-state index is -0.483. The molecule has 0 bridgehead atoms. The number of carbonyl (C=O) groups excluding carboxylic acids is 1. The Kier molecular flexibility index (Phi) is 3.74. The van der Waals surface area contributed by atoms with Gasteiger partial charge in [-0.1, -0.05) is 30.3 Å². The van der Waals surface area contributed by atoms with E-state index < -0.39 is 5.82 Å². The lowest BCUT2D eigenvalue weighted by atomic mass is 10.0. The van der Waals surface area contributed by atoms with Crippen LogP contribution in [0.15, 0.2) is 53.4 Å². The first-order valence-electron chi connectivity index (χ1n) is 6.53. The van der Waals surface area contributed by atoms with Gasteiger partial charge in [0.1, 0.15) is 5.82 Å². The lowest BCUT2D eigenvalue weighted by Crippen LogP contribution is -2.31. The number of benzene rings is 2. The first-order chi connectivity index (χ1) is 9.75. The van der Waals surface area contributed by atoms with E-state index in [4.69, 9.17) is 0 Å². The van der Waals surface area contributed by atoms with E-state index >= 15 is 0 Å². The molecule has 0 saturated carbocycles. The summed E-state index contributed by atoms with van der Waals surface area (Å²) in [6.45, 7) is 0. The third-order valence-corrected chi connectivity index (χ3v) is 4.50. The van der Waals surface area contributed by atoms with Crippen LogP contribution >= 0.6 is 11.8 Å². The summed E-state index contributed by atoms with van der Waals surface area (Å²) in [7, 11) is 0. The van der Waals surface area contributed by atoms with Crippen LogP contribution in [-0.2, 0) is 0 Å². The van der Waals surface area contributed by atoms with Crippen molar-refractivity contribution in [3.8, 4) is 0 Å². The van der Waals surface area contributed by atoms with Gasteiger partial charge in [0.2, 0.25) is 0 Å². The topological polar surface area (TPSA) is 29.1 Å². The molecule has 1 aliphatic rings. The molecule has 2 nitrogen and oxygen atoms in total. The number of carbonyl (C=O) groups is 1. The number of fused-ring (bicyclic) bond motifs is 1. The summed E-state index contributed by atoms with van der Waals surface area (Å²) >= 11 is 1.79. The van der Waals surface area contributed by atoms with E-state index in [1.54, 1.807) is 23.9 Å². The summed E-state index contributed by atoms with van der Waals surface area (Å²) in [5, 5.41) is 2.94. The second kappa shape index (κ2) is 5.67. The third kappa shape index (κ3) is 2.56. The van der Waals surface area contributed by atoms with Gasteiger partial charge in [0.25, 0.3) is 5.91 Å². The zero-order valence-electron chi connectivity index (χ0n) is 10.8. The van der Waals surface area contributed by atoms with Gasteiger partial charge in [-0.3, -0.25) is 4.79 Å². The van der Waals surface area contributed by atoms with Crippen molar-refractivity contribution in [2.45, 2.75) is 17.4 Å². The van der Waals surface area contributed by atoms with Gasteiger partial charge >= 0.3 is 0 Å². The average molecular weight is 287 g/mol. The fourth-order valence-electron chi connectivity index (χ4n) is 2.37. The maximum atomic E-state index is 13.6. The lowest BCUT2D eigenvalue weighted by molar-refractivity contribution is 0.0931. The van der Waals surface area contributed by atoms with Gasteiger partial charge in [0, 0.05) is 10.6 Å². The summed E-state index contributed by atoms with van der Waals surface area (Å²) in [4.78, 5) is 13.4. The van der Waals surface area contributed by atoms with E-state index in [0.717, 1.165) is 17.7 Å². The highest BCUT2D eigenvalue weighted by molar-refractivity contribution is 7.99. The molecule has 0 fully saturated rings. The van der Waals surface area contributed by atoms with E-state index in [1.807, 2.05) is 18.2 Å². The maximum Gasteiger partial charge on any atom is 0.254 e. The van der Waals surface area contributed by atoms with Gasteiger partial charge in [0.15, 0.2) is 0 Å². The van der Waals surface area contributed by atoms with Crippen LogP contribution in [0.4, 0.5) is 4.39 Å². The second-order valence-corrected chi connectivity index (χ2v) is 5.82. The van der Waals surface area contributed by atoms with Crippen molar-refractivity contribution in [1.82, 2.24) is 5.32 Å². The number of amides is 1. The van der Waals surface area contributed by atoms with Crippen LogP contribution in [0.2, 0.25) is 0 Å². The third-order valence-electron chi connectivity index (χ3n) is 3.38. The Hall–Kier alpha value is -1.81. The van der Waals surface area contributed by atoms with Crippen LogP contribution in [0.3, 0.4) is 0 Å². The van der Waals surface area contributed by atoms with Crippen molar-refractivity contribution in [2.75, 3.05) is 5.75 Å². The molecule has 0 aromatic heterocycles. The molecule has 0 aliphatic carbocycles. The number of hydrogen-bond acceptors (Lipinski definition) is 2.